The van der Waals surface area contributed by atoms with Crippen molar-refractivity contribution in [2.45, 2.75) is 6.92 Å². The highest BCUT2D eigenvalue weighted by Gasteiger charge is 2.13. The molecule has 0 amide bonds. The molecule has 0 aliphatic rings. The maximum Gasteiger partial charge on any atom is 0.196 e. The second-order valence-electron chi connectivity index (χ2n) is 3.73. The van der Waals surface area contributed by atoms with E-state index in [0.717, 1.165) is 0 Å². The summed E-state index contributed by atoms with van der Waals surface area (Å²) >= 11 is 0. The van der Waals surface area contributed by atoms with Gasteiger partial charge in [-0.15, -0.1) is 0 Å². The summed E-state index contributed by atoms with van der Waals surface area (Å²) in [6.45, 7) is 2.46. The van der Waals surface area contributed by atoms with Crippen molar-refractivity contribution in [3.05, 3.63) is 53.7 Å². The lowest BCUT2D eigenvalue weighted by atomic mass is 10.0. The molecular weight excluding hydrogens is 228 g/mol. The van der Waals surface area contributed by atoms with Crippen LogP contribution in [0.15, 0.2) is 42.6 Å². The van der Waals surface area contributed by atoms with Crippen LogP contribution in [-0.4, -0.2) is 17.4 Å². The number of benzene rings is 1. The lowest BCUT2D eigenvalue weighted by Gasteiger charge is -2.06. The molecule has 1 aromatic carbocycles. The Balaban J connectivity index is 2.34. The molecule has 4 nitrogen and oxygen atoms in total. The number of nitrogens with zero attached hydrogens (tertiary/aromatic N) is 1. The van der Waals surface area contributed by atoms with Crippen LogP contribution in [0, 0.1) is 0 Å². The van der Waals surface area contributed by atoms with Gasteiger partial charge < -0.3 is 10.5 Å². The normalized spacial score (nSPS) is 10.1. The Morgan fingerprint density at radius 1 is 1.33 bits per heavy atom. The van der Waals surface area contributed by atoms with Crippen LogP contribution < -0.4 is 10.5 Å². The molecule has 0 unspecified atom stereocenters. The van der Waals surface area contributed by atoms with Crippen molar-refractivity contribution in [1.29, 1.82) is 0 Å². The van der Waals surface area contributed by atoms with Gasteiger partial charge in [-0.1, -0.05) is 12.1 Å². The maximum atomic E-state index is 12.2. The highest BCUT2D eigenvalue weighted by molar-refractivity contribution is 6.11. The number of hydrogen-bond acceptors (Lipinski definition) is 4. The number of ketones is 1. The van der Waals surface area contributed by atoms with Gasteiger partial charge in [-0.05, 0) is 31.2 Å². The summed E-state index contributed by atoms with van der Waals surface area (Å²) in [6.07, 6.45) is 1.56. The van der Waals surface area contributed by atoms with E-state index in [0.29, 0.717) is 23.5 Å². The number of nitrogens with two attached hydrogens (primary N) is 1. The number of aromatic nitrogens is 1. The van der Waals surface area contributed by atoms with Gasteiger partial charge in [-0.3, -0.25) is 4.79 Å². The monoisotopic (exact) mass is 242 g/mol. The number of nitrogen functional groups attached to an aromatic ring is 1. The number of anilines is 1. The zero-order chi connectivity index (χ0) is 13.0. The molecule has 2 N–H and O–H groups in total. The molecule has 2 rings (SSSR count). The van der Waals surface area contributed by atoms with E-state index in [9.17, 15) is 4.79 Å². The van der Waals surface area contributed by atoms with Crippen molar-refractivity contribution < 1.29 is 9.53 Å². The molecule has 18 heavy (non-hydrogen) atoms. The molecular formula is C14H14N2O2. The smallest absolute Gasteiger partial charge is 0.196 e. The Morgan fingerprint density at radius 2 is 2.17 bits per heavy atom. The first-order chi connectivity index (χ1) is 8.72. The number of ether oxygens (including phenoxy) is 1. The van der Waals surface area contributed by atoms with Crippen LogP contribution in [0.4, 0.5) is 5.82 Å². The van der Waals surface area contributed by atoms with Crippen LogP contribution in [0.3, 0.4) is 0 Å². The van der Waals surface area contributed by atoms with Gasteiger partial charge in [0.15, 0.2) is 5.78 Å². The van der Waals surface area contributed by atoms with E-state index in [-0.39, 0.29) is 11.6 Å². The highest BCUT2D eigenvalue weighted by atomic mass is 16.5. The SMILES string of the molecule is CCOc1cccc(C(=O)c2cccnc2N)c1. The van der Waals surface area contributed by atoms with Crippen molar-refractivity contribution in [2.75, 3.05) is 12.3 Å². The average molecular weight is 242 g/mol. The first-order valence-electron chi connectivity index (χ1n) is 5.70. The average Bonchev–Trinajstić information content (AvgIpc) is 2.39. The zero-order valence-electron chi connectivity index (χ0n) is 10.1. The molecule has 0 aliphatic carbocycles. The fourth-order valence-electron chi connectivity index (χ4n) is 1.66. The van der Waals surface area contributed by atoms with E-state index in [1.807, 2.05) is 13.0 Å². The predicted molar refractivity (Wildman–Crippen MR) is 69.7 cm³/mol. The Hall–Kier alpha value is -2.36. The van der Waals surface area contributed by atoms with E-state index in [1.54, 1.807) is 36.5 Å². The fourth-order valence-corrected chi connectivity index (χ4v) is 1.66. The van der Waals surface area contributed by atoms with Crippen LogP contribution in [0.5, 0.6) is 5.75 Å². The van der Waals surface area contributed by atoms with E-state index < -0.39 is 0 Å². The molecule has 0 spiro atoms. The molecule has 1 heterocycles. The Labute approximate surface area is 105 Å². The minimum Gasteiger partial charge on any atom is -0.494 e. The first kappa shape index (κ1) is 12.1. The number of rotatable bonds is 4. The van der Waals surface area contributed by atoms with Gasteiger partial charge in [-0.25, -0.2) is 4.98 Å². The molecule has 92 valence electrons. The minimum absolute atomic E-state index is 0.151. The summed E-state index contributed by atoms with van der Waals surface area (Å²) in [6, 6.07) is 10.4. The molecule has 0 saturated heterocycles. The van der Waals surface area contributed by atoms with Crippen molar-refractivity contribution in [3.8, 4) is 5.75 Å². The summed E-state index contributed by atoms with van der Waals surface area (Å²) in [5.74, 6) is 0.761. The van der Waals surface area contributed by atoms with Crippen LogP contribution in [0.1, 0.15) is 22.8 Å². The Morgan fingerprint density at radius 3 is 2.89 bits per heavy atom. The van der Waals surface area contributed by atoms with E-state index in [4.69, 9.17) is 10.5 Å². The van der Waals surface area contributed by atoms with Crippen LogP contribution in [0.25, 0.3) is 0 Å². The quantitative estimate of drug-likeness (QED) is 0.835. The zero-order valence-corrected chi connectivity index (χ0v) is 10.1. The van der Waals surface area contributed by atoms with Gasteiger partial charge in [0, 0.05) is 11.8 Å². The van der Waals surface area contributed by atoms with Crippen LogP contribution >= 0.6 is 0 Å². The third-order valence-corrected chi connectivity index (χ3v) is 2.49. The second kappa shape index (κ2) is 5.31. The molecule has 1 aromatic heterocycles. The van der Waals surface area contributed by atoms with Crippen LogP contribution in [-0.2, 0) is 0 Å². The van der Waals surface area contributed by atoms with Gasteiger partial charge in [0.2, 0.25) is 0 Å². The van der Waals surface area contributed by atoms with Crippen molar-refractivity contribution in [2.24, 2.45) is 0 Å². The summed E-state index contributed by atoms with van der Waals surface area (Å²) in [5.41, 5.74) is 6.64. The fraction of sp³-hybridized carbons (Fsp3) is 0.143. The molecule has 0 bridgehead atoms. The minimum atomic E-state index is -0.151. The van der Waals surface area contributed by atoms with Crippen molar-refractivity contribution >= 4 is 11.6 Å². The molecule has 0 radical (unpaired) electrons. The van der Waals surface area contributed by atoms with Gasteiger partial charge in [-0.2, -0.15) is 0 Å². The van der Waals surface area contributed by atoms with Gasteiger partial charge >= 0.3 is 0 Å². The lowest BCUT2D eigenvalue weighted by molar-refractivity contribution is 0.103. The molecule has 2 aromatic rings. The van der Waals surface area contributed by atoms with Gasteiger partial charge in [0.1, 0.15) is 11.6 Å². The lowest BCUT2D eigenvalue weighted by Crippen LogP contribution is -2.06. The van der Waals surface area contributed by atoms with Gasteiger partial charge in [0.05, 0.1) is 12.2 Å². The molecule has 4 heteroatoms. The summed E-state index contributed by atoms with van der Waals surface area (Å²) in [5, 5.41) is 0. The third kappa shape index (κ3) is 2.48. The van der Waals surface area contributed by atoms with Crippen molar-refractivity contribution in [3.63, 3.8) is 0 Å². The summed E-state index contributed by atoms with van der Waals surface area (Å²) < 4.78 is 5.36. The molecule has 0 atom stereocenters. The Bertz CT molecular complexity index is 567. The number of pyridine rings is 1. The molecule has 0 saturated carbocycles. The largest absolute Gasteiger partial charge is 0.494 e. The molecule has 0 fully saturated rings. The summed E-state index contributed by atoms with van der Waals surface area (Å²) in [7, 11) is 0. The number of carbonyl (C=O) groups excluding carboxylic acids is 1. The summed E-state index contributed by atoms with van der Waals surface area (Å²) in [4.78, 5) is 16.2. The third-order valence-electron chi connectivity index (χ3n) is 2.49. The Kier molecular flexibility index (Phi) is 3.57. The van der Waals surface area contributed by atoms with E-state index >= 15 is 0 Å². The first-order valence-corrected chi connectivity index (χ1v) is 5.70. The standard InChI is InChI=1S/C14H14N2O2/c1-2-18-11-6-3-5-10(9-11)13(17)12-7-4-8-16-14(12)15/h3-9H,2H2,1H3,(H2,15,16). The van der Waals surface area contributed by atoms with Gasteiger partial charge in [0.25, 0.3) is 0 Å². The number of carbonyl (C=O) groups is 1. The van der Waals surface area contributed by atoms with E-state index in [1.165, 1.54) is 0 Å². The highest BCUT2D eigenvalue weighted by Crippen LogP contribution is 2.18. The topological polar surface area (TPSA) is 65.2 Å². The van der Waals surface area contributed by atoms with E-state index in [2.05, 4.69) is 4.98 Å². The predicted octanol–water partition coefficient (Wildman–Crippen LogP) is 2.29. The second-order valence-corrected chi connectivity index (χ2v) is 3.73. The van der Waals surface area contributed by atoms with Crippen molar-refractivity contribution in [1.82, 2.24) is 4.98 Å². The van der Waals surface area contributed by atoms with Crippen LogP contribution in [0.2, 0.25) is 0 Å². The molecule has 0 aliphatic heterocycles. The maximum absolute atomic E-state index is 12.2. The number of hydrogen-bond donors (Lipinski definition) is 1.